The van der Waals surface area contributed by atoms with Gasteiger partial charge < -0.3 is 18.9 Å². The molecule has 1 aromatic carbocycles. The summed E-state index contributed by atoms with van der Waals surface area (Å²) in [7, 11) is 6.03. The molecule has 0 aliphatic heterocycles. The first-order chi connectivity index (χ1) is 10.9. The molecule has 0 spiro atoms. The summed E-state index contributed by atoms with van der Waals surface area (Å²) in [6.45, 7) is 4.03. The second-order valence-electron chi connectivity index (χ2n) is 5.31. The van der Waals surface area contributed by atoms with Gasteiger partial charge in [-0.3, -0.25) is 4.89 Å². The van der Waals surface area contributed by atoms with Crippen LogP contribution in [-0.2, 0) is 14.5 Å². The molecule has 7 nitrogen and oxygen atoms in total. The number of hydrogen-bond donors (Lipinski definition) is 0. The van der Waals surface area contributed by atoms with Gasteiger partial charge in [-0.1, -0.05) is 0 Å². The van der Waals surface area contributed by atoms with Gasteiger partial charge in [-0.2, -0.15) is 4.89 Å². The van der Waals surface area contributed by atoms with Crippen LogP contribution in [0, 0.1) is 0 Å². The SMILES string of the molecule is COc1cc(OC)c(C(=O)OOCCC(C)(C)OC)cc1OC. The predicted molar refractivity (Wildman–Crippen MR) is 83.2 cm³/mol. The van der Waals surface area contributed by atoms with E-state index < -0.39 is 5.97 Å². The number of methoxy groups -OCH3 is 4. The van der Waals surface area contributed by atoms with E-state index in [4.69, 9.17) is 28.7 Å². The molecule has 130 valence electrons. The van der Waals surface area contributed by atoms with Gasteiger partial charge in [-0.15, -0.1) is 0 Å². The minimum atomic E-state index is -0.682. The van der Waals surface area contributed by atoms with Gasteiger partial charge in [0.15, 0.2) is 11.5 Å². The minimum Gasteiger partial charge on any atom is -0.496 e. The summed E-state index contributed by atoms with van der Waals surface area (Å²) < 4.78 is 20.8. The van der Waals surface area contributed by atoms with Gasteiger partial charge >= 0.3 is 5.97 Å². The van der Waals surface area contributed by atoms with Crippen LogP contribution in [0.1, 0.15) is 30.6 Å². The highest BCUT2D eigenvalue weighted by atomic mass is 17.2. The van der Waals surface area contributed by atoms with Gasteiger partial charge in [0.25, 0.3) is 0 Å². The molecule has 1 rings (SSSR count). The van der Waals surface area contributed by atoms with Crippen molar-refractivity contribution in [3.63, 3.8) is 0 Å². The first-order valence-electron chi connectivity index (χ1n) is 7.07. The van der Waals surface area contributed by atoms with Crippen molar-refractivity contribution in [1.82, 2.24) is 0 Å². The van der Waals surface area contributed by atoms with Crippen LogP contribution in [0.5, 0.6) is 17.2 Å². The lowest BCUT2D eigenvalue weighted by molar-refractivity contribution is -0.247. The van der Waals surface area contributed by atoms with Gasteiger partial charge in [0.05, 0.1) is 33.5 Å². The van der Waals surface area contributed by atoms with E-state index in [9.17, 15) is 4.79 Å². The fourth-order valence-electron chi connectivity index (χ4n) is 1.72. The maximum atomic E-state index is 12.1. The van der Waals surface area contributed by atoms with Crippen LogP contribution >= 0.6 is 0 Å². The Morgan fingerprint density at radius 2 is 1.52 bits per heavy atom. The van der Waals surface area contributed by atoms with Crippen LogP contribution in [0.4, 0.5) is 0 Å². The Balaban J connectivity index is 2.75. The van der Waals surface area contributed by atoms with Gasteiger partial charge in [0.2, 0.25) is 0 Å². The lowest BCUT2D eigenvalue weighted by Crippen LogP contribution is -2.24. The van der Waals surface area contributed by atoms with Gasteiger partial charge in [-0.25, -0.2) is 4.79 Å². The monoisotopic (exact) mass is 328 g/mol. The van der Waals surface area contributed by atoms with Gasteiger partial charge in [0.1, 0.15) is 11.3 Å². The van der Waals surface area contributed by atoms with E-state index in [1.54, 1.807) is 13.2 Å². The molecule has 0 saturated heterocycles. The third-order valence-electron chi connectivity index (χ3n) is 3.40. The number of ether oxygens (including phenoxy) is 4. The summed E-state index contributed by atoms with van der Waals surface area (Å²) in [6, 6.07) is 3.02. The van der Waals surface area contributed by atoms with Gasteiger partial charge in [-0.05, 0) is 13.8 Å². The smallest absolute Gasteiger partial charge is 0.376 e. The Kier molecular flexibility index (Phi) is 7.12. The zero-order valence-electron chi connectivity index (χ0n) is 14.4. The topological polar surface area (TPSA) is 72.5 Å². The predicted octanol–water partition coefficient (Wildman–Crippen LogP) is 2.62. The van der Waals surface area contributed by atoms with E-state index in [2.05, 4.69) is 0 Å². The number of hydrogen-bond acceptors (Lipinski definition) is 7. The third-order valence-corrected chi connectivity index (χ3v) is 3.40. The second kappa shape index (κ2) is 8.59. The largest absolute Gasteiger partial charge is 0.496 e. The number of carbonyl (C=O) groups excluding carboxylic acids is 1. The van der Waals surface area contributed by atoms with Crippen LogP contribution in [-0.4, -0.2) is 46.6 Å². The molecule has 0 amide bonds. The number of carbonyl (C=O) groups is 1. The number of rotatable bonds is 9. The Hall–Kier alpha value is -1.99. The van der Waals surface area contributed by atoms with Crippen LogP contribution in [0.15, 0.2) is 12.1 Å². The van der Waals surface area contributed by atoms with Crippen molar-refractivity contribution in [1.29, 1.82) is 0 Å². The lowest BCUT2D eigenvalue weighted by atomic mass is 10.1. The molecule has 0 bridgehead atoms. The van der Waals surface area contributed by atoms with E-state index in [1.165, 1.54) is 27.4 Å². The quantitative estimate of drug-likeness (QED) is 0.392. The van der Waals surface area contributed by atoms with Crippen molar-refractivity contribution in [2.75, 3.05) is 35.0 Å². The lowest BCUT2D eigenvalue weighted by Gasteiger charge is -2.21. The van der Waals surface area contributed by atoms with Crippen molar-refractivity contribution in [2.24, 2.45) is 0 Å². The molecule has 23 heavy (non-hydrogen) atoms. The highest BCUT2D eigenvalue weighted by Crippen LogP contribution is 2.34. The molecule has 0 radical (unpaired) electrons. The average Bonchev–Trinajstić information content (AvgIpc) is 2.57. The maximum absolute atomic E-state index is 12.1. The van der Waals surface area contributed by atoms with E-state index in [-0.39, 0.29) is 17.8 Å². The molecule has 0 heterocycles. The van der Waals surface area contributed by atoms with Crippen LogP contribution in [0.25, 0.3) is 0 Å². The maximum Gasteiger partial charge on any atom is 0.376 e. The summed E-state index contributed by atoms with van der Waals surface area (Å²) >= 11 is 0. The van der Waals surface area contributed by atoms with E-state index >= 15 is 0 Å². The van der Waals surface area contributed by atoms with Crippen molar-refractivity contribution in [2.45, 2.75) is 25.9 Å². The molecular formula is C16H24O7. The van der Waals surface area contributed by atoms with Crippen LogP contribution < -0.4 is 14.2 Å². The zero-order valence-corrected chi connectivity index (χ0v) is 14.4. The molecule has 0 aliphatic carbocycles. The highest BCUT2D eigenvalue weighted by Gasteiger charge is 2.21. The van der Waals surface area contributed by atoms with Crippen LogP contribution in [0.2, 0.25) is 0 Å². The van der Waals surface area contributed by atoms with Crippen molar-refractivity contribution < 1.29 is 33.5 Å². The summed E-state index contributed by atoms with van der Waals surface area (Å²) in [5, 5.41) is 0. The van der Waals surface area contributed by atoms with Crippen molar-refractivity contribution >= 4 is 5.97 Å². The molecule has 0 saturated carbocycles. The van der Waals surface area contributed by atoms with Crippen molar-refractivity contribution in [3.05, 3.63) is 17.7 Å². The number of benzene rings is 1. The summed E-state index contributed by atoms with van der Waals surface area (Å²) in [4.78, 5) is 21.9. The standard InChI is InChI=1S/C16H24O7/c1-16(2,21-6)7-8-22-23-15(17)11-9-13(19-4)14(20-5)10-12(11)18-3/h9-10H,7-8H2,1-6H3. The van der Waals surface area contributed by atoms with Crippen LogP contribution in [0.3, 0.4) is 0 Å². The highest BCUT2D eigenvalue weighted by molar-refractivity contribution is 5.93. The molecule has 7 heteroatoms. The molecular weight excluding hydrogens is 304 g/mol. The van der Waals surface area contributed by atoms with E-state index in [1.807, 2.05) is 13.8 Å². The normalized spacial score (nSPS) is 11.0. The van der Waals surface area contributed by atoms with Crippen molar-refractivity contribution in [3.8, 4) is 17.2 Å². The third kappa shape index (κ3) is 5.30. The Morgan fingerprint density at radius 3 is 2.04 bits per heavy atom. The fourth-order valence-corrected chi connectivity index (χ4v) is 1.72. The summed E-state index contributed by atoms with van der Waals surface area (Å²) in [5.41, 5.74) is -0.177. The Morgan fingerprint density at radius 1 is 0.957 bits per heavy atom. The molecule has 0 N–H and O–H groups in total. The van der Waals surface area contributed by atoms with Gasteiger partial charge in [0, 0.05) is 25.7 Å². The molecule has 0 aliphatic rings. The second-order valence-corrected chi connectivity index (χ2v) is 5.31. The van der Waals surface area contributed by atoms with E-state index in [0.29, 0.717) is 23.7 Å². The molecule has 0 aromatic heterocycles. The first-order valence-corrected chi connectivity index (χ1v) is 7.07. The zero-order chi connectivity index (χ0) is 17.5. The molecule has 0 atom stereocenters. The minimum absolute atomic E-state index is 0.177. The molecule has 0 unspecified atom stereocenters. The first kappa shape index (κ1) is 19.1. The fraction of sp³-hybridized carbons (Fsp3) is 0.562. The Labute approximate surface area is 136 Å². The molecule has 0 fully saturated rings. The average molecular weight is 328 g/mol. The summed E-state index contributed by atoms with van der Waals surface area (Å²) in [6.07, 6.45) is 0.569. The van der Waals surface area contributed by atoms with E-state index in [0.717, 1.165) is 0 Å². The molecule has 1 aromatic rings. The summed E-state index contributed by atoms with van der Waals surface area (Å²) in [5.74, 6) is 0.455. The Bertz CT molecular complexity index is 525.